The second-order valence-corrected chi connectivity index (χ2v) is 29.7. The van der Waals surface area contributed by atoms with Gasteiger partial charge >= 0.3 is 39.5 Å². The lowest BCUT2D eigenvalue weighted by molar-refractivity contribution is -0.161. The van der Waals surface area contributed by atoms with Gasteiger partial charge in [0.2, 0.25) is 0 Å². The SMILES string of the molecule is CC(C)CCCCCCCCCCCCCCCC(=O)O[C@H](COC(=O)CCCCCCCCC(C)C)COP(=O)(O)OCC(O)COP(=O)(O)OC[C@@H](COC(=O)CCCCCCCCCCC(C)C)OC(=O)CCCCCCCCCCCC(C)C. The van der Waals surface area contributed by atoms with Crippen molar-refractivity contribution in [3.8, 4) is 0 Å². The molecule has 0 fully saturated rings. The van der Waals surface area contributed by atoms with Crippen LogP contribution in [0.5, 0.6) is 0 Å². The second kappa shape index (κ2) is 58.8. The predicted molar refractivity (Wildman–Crippen MR) is 354 cm³/mol. The summed E-state index contributed by atoms with van der Waals surface area (Å²) in [5, 5.41) is 10.6. The zero-order valence-corrected chi connectivity index (χ0v) is 59.1. The third-order valence-electron chi connectivity index (χ3n) is 15.8. The van der Waals surface area contributed by atoms with Crippen molar-refractivity contribution >= 4 is 39.5 Å². The molecule has 17 nitrogen and oxygen atoms in total. The number of hydrogen-bond donors (Lipinski definition) is 3. The van der Waals surface area contributed by atoms with Crippen LogP contribution in [0.4, 0.5) is 0 Å². The molecule has 0 saturated heterocycles. The van der Waals surface area contributed by atoms with Gasteiger partial charge in [-0.3, -0.25) is 37.3 Å². The smallest absolute Gasteiger partial charge is 0.462 e. The van der Waals surface area contributed by atoms with Gasteiger partial charge in [0.15, 0.2) is 12.2 Å². The first kappa shape index (κ1) is 86.1. The lowest BCUT2D eigenvalue weighted by Crippen LogP contribution is -2.30. The van der Waals surface area contributed by atoms with Gasteiger partial charge in [0.05, 0.1) is 26.4 Å². The third-order valence-corrected chi connectivity index (χ3v) is 17.7. The molecule has 88 heavy (non-hydrogen) atoms. The molecule has 0 heterocycles. The average molecular weight is 1300 g/mol. The average Bonchev–Trinajstić information content (AvgIpc) is 3.62. The third kappa shape index (κ3) is 62.8. The fourth-order valence-corrected chi connectivity index (χ4v) is 11.9. The maximum atomic E-state index is 13.0. The zero-order chi connectivity index (χ0) is 65.4. The van der Waals surface area contributed by atoms with Crippen LogP contribution >= 0.6 is 15.6 Å². The molecule has 0 saturated carbocycles. The van der Waals surface area contributed by atoms with Crippen LogP contribution in [-0.4, -0.2) is 96.7 Å². The molecule has 3 N–H and O–H groups in total. The predicted octanol–water partition coefficient (Wildman–Crippen LogP) is 19.3. The summed E-state index contributed by atoms with van der Waals surface area (Å²) in [5.41, 5.74) is 0. The number of ether oxygens (including phenoxy) is 4. The normalized spacial score (nSPS) is 14.3. The Labute approximate surface area is 537 Å². The number of phosphoric acid groups is 2. The molecule has 19 heteroatoms. The van der Waals surface area contributed by atoms with Gasteiger partial charge in [0.1, 0.15) is 19.3 Å². The minimum absolute atomic E-state index is 0.104. The summed E-state index contributed by atoms with van der Waals surface area (Å²) in [7, 11) is -9.90. The highest BCUT2D eigenvalue weighted by molar-refractivity contribution is 7.47. The summed E-state index contributed by atoms with van der Waals surface area (Å²) in [6.45, 7) is 14.0. The lowest BCUT2D eigenvalue weighted by Gasteiger charge is -2.21. The molecule has 0 radical (unpaired) electrons. The van der Waals surface area contributed by atoms with Gasteiger partial charge in [0.25, 0.3) is 0 Å². The molecular formula is C69H134O17P2. The number of carbonyl (C=O) groups excluding carboxylic acids is 4. The van der Waals surface area contributed by atoms with Crippen molar-refractivity contribution in [1.29, 1.82) is 0 Å². The summed E-state index contributed by atoms with van der Waals surface area (Å²) < 4.78 is 68.2. The topological polar surface area (TPSA) is 237 Å². The molecule has 0 aliphatic rings. The van der Waals surface area contributed by atoms with Crippen LogP contribution < -0.4 is 0 Å². The minimum atomic E-state index is -4.95. The van der Waals surface area contributed by atoms with E-state index in [1.165, 1.54) is 135 Å². The summed E-state index contributed by atoms with van der Waals surface area (Å²) >= 11 is 0. The maximum absolute atomic E-state index is 13.0. The highest BCUT2D eigenvalue weighted by Crippen LogP contribution is 2.45. The summed E-state index contributed by atoms with van der Waals surface area (Å²) in [6.07, 6.45) is 40.5. The lowest BCUT2D eigenvalue weighted by atomic mass is 10.0. The van der Waals surface area contributed by atoms with Crippen molar-refractivity contribution in [1.82, 2.24) is 0 Å². The van der Waals surface area contributed by atoms with E-state index in [2.05, 4.69) is 55.4 Å². The Morgan fingerprint density at radius 3 is 0.705 bits per heavy atom. The molecule has 0 aromatic carbocycles. The van der Waals surface area contributed by atoms with Crippen molar-refractivity contribution in [2.45, 2.75) is 356 Å². The monoisotopic (exact) mass is 1300 g/mol. The molecule has 0 spiro atoms. The Morgan fingerprint density at radius 2 is 0.477 bits per heavy atom. The largest absolute Gasteiger partial charge is 0.472 e. The Bertz CT molecular complexity index is 1750. The van der Waals surface area contributed by atoms with Crippen LogP contribution in [0.15, 0.2) is 0 Å². The number of esters is 4. The van der Waals surface area contributed by atoms with E-state index in [4.69, 9.17) is 37.0 Å². The molecule has 522 valence electrons. The van der Waals surface area contributed by atoms with E-state index in [0.29, 0.717) is 31.6 Å². The van der Waals surface area contributed by atoms with Crippen LogP contribution in [0.3, 0.4) is 0 Å². The Morgan fingerprint density at radius 1 is 0.284 bits per heavy atom. The van der Waals surface area contributed by atoms with E-state index in [-0.39, 0.29) is 25.7 Å². The fraction of sp³-hybridized carbons (Fsp3) is 0.942. The van der Waals surface area contributed by atoms with Crippen LogP contribution in [0.1, 0.15) is 338 Å². The van der Waals surface area contributed by atoms with E-state index < -0.39 is 97.5 Å². The van der Waals surface area contributed by atoms with Crippen molar-refractivity contribution in [3.63, 3.8) is 0 Å². The number of aliphatic hydroxyl groups is 1. The Kier molecular flexibility index (Phi) is 57.6. The van der Waals surface area contributed by atoms with Crippen molar-refractivity contribution in [2.24, 2.45) is 23.7 Å². The maximum Gasteiger partial charge on any atom is 0.472 e. The molecule has 0 aromatic rings. The molecule has 0 aliphatic heterocycles. The molecular weight excluding hydrogens is 1160 g/mol. The highest BCUT2D eigenvalue weighted by atomic mass is 31.2. The number of phosphoric ester groups is 2. The summed E-state index contributed by atoms with van der Waals surface area (Å²) in [6, 6.07) is 0. The molecule has 0 bridgehead atoms. The van der Waals surface area contributed by atoms with Crippen LogP contribution in [0.25, 0.3) is 0 Å². The fourth-order valence-electron chi connectivity index (χ4n) is 10.3. The van der Waals surface area contributed by atoms with Gasteiger partial charge in [-0.15, -0.1) is 0 Å². The van der Waals surface area contributed by atoms with Crippen LogP contribution in [-0.2, 0) is 65.4 Å². The Balaban J connectivity index is 5.23. The summed E-state index contributed by atoms with van der Waals surface area (Å²) in [5.74, 6) is 0.795. The number of aliphatic hydroxyl groups excluding tert-OH is 1. The molecule has 0 aromatic heterocycles. The van der Waals surface area contributed by atoms with Gasteiger partial charge < -0.3 is 33.8 Å². The molecule has 0 amide bonds. The van der Waals surface area contributed by atoms with E-state index in [0.717, 1.165) is 114 Å². The van der Waals surface area contributed by atoms with Crippen molar-refractivity contribution in [3.05, 3.63) is 0 Å². The summed E-state index contributed by atoms with van der Waals surface area (Å²) in [4.78, 5) is 72.4. The Hall–Kier alpha value is -1.94. The van der Waals surface area contributed by atoms with Crippen molar-refractivity contribution < 1.29 is 80.2 Å². The molecule has 0 aliphatic carbocycles. The van der Waals surface area contributed by atoms with Gasteiger partial charge in [-0.25, -0.2) is 9.13 Å². The number of unbranched alkanes of at least 4 members (excludes halogenated alkanes) is 32. The van der Waals surface area contributed by atoms with Gasteiger partial charge in [-0.2, -0.15) is 0 Å². The van der Waals surface area contributed by atoms with Gasteiger partial charge in [0, 0.05) is 25.7 Å². The quantitative estimate of drug-likeness (QED) is 0.0222. The second-order valence-electron chi connectivity index (χ2n) is 26.8. The standard InChI is InChI=1S/C69H134O17P2/c1-59(2)45-37-29-21-15-12-10-9-11-13-17-25-35-43-51-68(73)86-65(56-80-67(72)50-42-34-28-27-32-40-48-62(7)8)58-84-88(77,78)82-54-63(70)53-81-87(75,76)83-57-64(55-79-66(71)49-41-33-24-20-19-23-31-39-47-61(5)6)85-69(74)52-44-36-26-18-14-16-22-30-38-46-60(3)4/h59-65,70H,9-58H2,1-8H3,(H,75,76)(H,77,78)/t63?,64-,65-/m1/s1. The first-order valence-electron chi connectivity index (χ1n) is 35.7. The first-order valence-corrected chi connectivity index (χ1v) is 38.7. The van der Waals surface area contributed by atoms with E-state index in [9.17, 15) is 43.2 Å². The van der Waals surface area contributed by atoms with Gasteiger partial charge in [-0.05, 0) is 49.4 Å². The van der Waals surface area contributed by atoms with E-state index in [1.807, 2.05) is 0 Å². The highest BCUT2D eigenvalue weighted by Gasteiger charge is 2.30. The number of rotatable bonds is 66. The minimum Gasteiger partial charge on any atom is -0.462 e. The number of carbonyl (C=O) groups is 4. The van der Waals surface area contributed by atoms with E-state index in [1.54, 1.807) is 0 Å². The van der Waals surface area contributed by atoms with Gasteiger partial charge in [-0.1, -0.05) is 287 Å². The number of hydrogen-bond acceptors (Lipinski definition) is 15. The van der Waals surface area contributed by atoms with Crippen LogP contribution in [0, 0.1) is 23.7 Å². The van der Waals surface area contributed by atoms with E-state index >= 15 is 0 Å². The zero-order valence-electron chi connectivity index (χ0n) is 57.3. The van der Waals surface area contributed by atoms with Crippen molar-refractivity contribution in [2.75, 3.05) is 39.6 Å². The van der Waals surface area contributed by atoms with Crippen LogP contribution in [0.2, 0.25) is 0 Å². The molecule has 3 unspecified atom stereocenters. The first-order chi connectivity index (χ1) is 42.1. The molecule has 0 rings (SSSR count). The molecule has 5 atom stereocenters.